The molecule has 2 atom stereocenters. The lowest BCUT2D eigenvalue weighted by atomic mass is 10.1. The van der Waals surface area contributed by atoms with E-state index in [1.807, 2.05) is 6.07 Å². The van der Waals surface area contributed by atoms with E-state index >= 15 is 0 Å². The van der Waals surface area contributed by atoms with E-state index in [9.17, 15) is 4.79 Å². The van der Waals surface area contributed by atoms with E-state index < -0.39 is 5.97 Å². The van der Waals surface area contributed by atoms with Crippen molar-refractivity contribution in [2.24, 2.45) is 5.92 Å². The van der Waals surface area contributed by atoms with E-state index in [2.05, 4.69) is 4.90 Å². The maximum Gasteiger partial charge on any atom is 0.335 e. The standard InChI is InChI=1S/C13H14ClNO2/c14-11-6-9(13(16)17)2-4-12(11)15-7-8-1-3-10(15)5-8/h2,4,6,8,10H,1,3,5,7H2,(H,16,17). The van der Waals surface area contributed by atoms with Gasteiger partial charge in [-0.05, 0) is 43.4 Å². The molecule has 0 aromatic heterocycles. The van der Waals surface area contributed by atoms with E-state index in [0.29, 0.717) is 11.1 Å². The summed E-state index contributed by atoms with van der Waals surface area (Å²) >= 11 is 6.19. The van der Waals surface area contributed by atoms with Crippen molar-refractivity contribution in [3.8, 4) is 0 Å². The molecule has 2 fully saturated rings. The van der Waals surface area contributed by atoms with Crippen LogP contribution in [0.4, 0.5) is 5.69 Å². The minimum absolute atomic E-state index is 0.253. The van der Waals surface area contributed by atoms with Crippen LogP contribution in [0.1, 0.15) is 29.6 Å². The number of rotatable bonds is 2. The molecule has 1 heterocycles. The molecule has 0 amide bonds. The Morgan fingerprint density at radius 3 is 2.76 bits per heavy atom. The van der Waals surface area contributed by atoms with Crippen molar-refractivity contribution < 1.29 is 9.90 Å². The maximum atomic E-state index is 10.8. The third-order valence-electron chi connectivity index (χ3n) is 3.91. The molecule has 2 aliphatic rings. The van der Waals surface area contributed by atoms with Crippen LogP contribution in [0.3, 0.4) is 0 Å². The fourth-order valence-corrected chi connectivity index (χ4v) is 3.38. The van der Waals surface area contributed by atoms with Crippen molar-refractivity contribution >= 4 is 23.3 Å². The molecule has 1 aromatic carbocycles. The molecule has 1 saturated carbocycles. The van der Waals surface area contributed by atoms with Gasteiger partial charge in [0, 0.05) is 12.6 Å². The Morgan fingerprint density at radius 1 is 1.41 bits per heavy atom. The number of benzene rings is 1. The van der Waals surface area contributed by atoms with Crippen molar-refractivity contribution in [2.75, 3.05) is 11.4 Å². The summed E-state index contributed by atoms with van der Waals surface area (Å²) < 4.78 is 0. The third kappa shape index (κ3) is 1.78. The minimum Gasteiger partial charge on any atom is -0.478 e. The third-order valence-corrected chi connectivity index (χ3v) is 4.22. The van der Waals surface area contributed by atoms with Crippen LogP contribution in [0.15, 0.2) is 18.2 Å². The number of nitrogens with zero attached hydrogens (tertiary/aromatic N) is 1. The molecule has 2 unspecified atom stereocenters. The molecule has 1 N–H and O–H groups in total. The van der Waals surface area contributed by atoms with Gasteiger partial charge in [-0.25, -0.2) is 4.79 Å². The molecule has 0 spiro atoms. The van der Waals surface area contributed by atoms with Crippen LogP contribution in [0.5, 0.6) is 0 Å². The monoisotopic (exact) mass is 251 g/mol. The molecule has 17 heavy (non-hydrogen) atoms. The number of aromatic carboxylic acids is 1. The highest BCUT2D eigenvalue weighted by Crippen LogP contribution is 2.42. The highest BCUT2D eigenvalue weighted by atomic mass is 35.5. The highest BCUT2D eigenvalue weighted by Gasteiger charge is 2.38. The number of piperidine rings is 1. The SMILES string of the molecule is O=C(O)c1ccc(N2CC3CCC2C3)c(Cl)c1. The van der Waals surface area contributed by atoms with Crippen LogP contribution in [0.2, 0.25) is 5.02 Å². The number of carboxylic acids is 1. The van der Waals surface area contributed by atoms with Crippen molar-refractivity contribution in [1.82, 2.24) is 0 Å². The molecular weight excluding hydrogens is 238 g/mol. The summed E-state index contributed by atoms with van der Waals surface area (Å²) in [5, 5.41) is 9.45. The van der Waals surface area contributed by atoms with Gasteiger partial charge in [-0.15, -0.1) is 0 Å². The molecule has 1 aliphatic heterocycles. The quantitative estimate of drug-likeness (QED) is 0.878. The first-order valence-electron chi connectivity index (χ1n) is 5.94. The van der Waals surface area contributed by atoms with Crippen LogP contribution >= 0.6 is 11.6 Å². The van der Waals surface area contributed by atoms with Gasteiger partial charge in [-0.2, -0.15) is 0 Å². The Labute approximate surface area is 105 Å². The van der Waals surface area contributed by atoms with E-state index in [4.69, 9.17) is 16.7 Å². The van der Waals surface area contributed by atoms with Crippen molar-refractivity contribution in [1.29, 1.82) is 0 Å². The Hall–Kier alpha value is -1.22. The summed E-state index contributed by atoms with van der Waals surface area (Å²) in [6, 6.07) is 5.63. The normalized spacial score (nSPS) is 26.5. The first-order chi connectivity index (χ1) is 8.15. The topological polar surface area (TPSA) is 40.5 Å². The number of fused-ring (bicyclic) bond motifs is 2. The number of hydrogen-bond donors (Lipinski definition) is 1. The lowest BCUT2D eigenvalue weighted by Crippen LogP contribution is -2.32. The van der Waals surface area contributed by atoms with Gasteiger partial charge in [0.05, 0.1) is 16.3 Å². The highest BCUT2D eigenvalue weighted by molar-refractivity contribution is 6.33. The summed E-state index contributed by atoms with van der Waals surface area (Å²) in [6.07, 6.45) is 3.82. The second-order valence-electron chi connectivity index (χ2n) is 4.96. The number of halogens is 1. The van der Waals surface area contributed by atoms with E-state index in [1.165, 1.54) is 19.3 Å². The fraction of sp³-hybridized carbons (Fsp3) is 0.462. The lowest BCUT2D eigenvalue weighted by Gasteiger charge is -2.30. The number of anilines is 1. The largest absolute Gasteiger partial charge is 0.478 e. The van der Waals surface area contributed by atoms with E-state index in [0.717, 1.165) is 18.2 Å². The molecule has 3 nitrogen and oxygen atoms in total. The summed E-state index contributed by atoms with van der Waals surface area (Å²) in [4.78, 5) is 13.2. The minimum atomic E-state index is -0.929. The van der Waals surface area contributed by atoms with Gasteiger partial charge in [0.1, 0.15) is 0 Å². The van der Waals surface area contributed by atoms with Gasteiger partial charge in [-0.3, -0.25) is 0 Å². The number of hydrogen-bond acceptors (Lipinski definition) is 2. The van der Waals surface area contributed by atoms with Crippen molar-refractivity contribution in [3.63, 3.8) is 0 Å². The predicted octanol–water partition coefficient (Wildman–Crippen LogP) is 3.03. The Kier molecular flexibility index (Phi) is 2.51. The van der Waals surface area contributed by atoms with Crippen molar-refractivity contribution in [2.45, 2.75) is 25.3 Å². The number of carboxylic acid groups (broad SMARTS) is 1. The maximum absolute atomic E-state index is 10.8. The first kappa shape index (κ1) is 10.9. The molecule has 1 aliphatic carbocycles. The van der Waals surface area contributed by atoms with Crippen LogP contribution in [0, 0.1) is 5.92 Å². The second kappa shape index (κ2) is 3.91. The van der Waals surface area contributed by atoms with Gasteiger partial charge in [0.15, 0.2) is 0 Å². The van der Waals surface area contributed by atoms with Crippen LogP contribution in [0.25, 0.3) is 0 Å². The predicted molar refractivity (Wildman–Crippen MR) is 66.9 cm³/mol. The van der Waals surface area contributed by atoms with Crippen LogP contribution in [-0.4, -0.2) is 23.7 Å². The molecule has 4 heteroatoms. The molecular formula is C13H14ClNO2. The van der Waals surface area contributed by atoms with Crippen LogP contribution < -0.4 is 4.90 Å². The van der Waals surface area contributed by atoms with Crippen molar-refractivity contribution in [3.05, 3.63) is 28.8 Å². The molecule has 1 aromatic rings. The zero-order valence-electron chi connectivity index (χ0n) is 9.40. The van der Waals surface area contributed by atoms with Gasteiger partial charge in [0.2, 0.25) is 0 Å². The lowest BCUT2D eigenvalue weighted by molar-refractivity contribution is 0.0697. The average Bonchev–Trinajstić information content (AvgIpc) is 2.90. The second-order valence-corrected chi connectivity index (χ2v) is 5.36. The first-order valence-corrected chi connectivity index (χ1v) is 6.32. The van der Waals surface area contributed by atoms with Gasteiger partial charge in [-0.1, -0.05) is 11.6 Å². The Balaban J connectivity index is 1.91. The molecule has 0 radical (unpaired) electrons. The average molecular weight is 252 g/mol. The van der Waals surface area contributed by atoms with E-state index in [-0.39, 0.29) is 5.56 Å². The fourth-order valence-electron chi connectivity index (χ4n) is 3.09. The Morgan fingerprint density at radius 2 is 2.24 bits per heavy atom. The zero-order valence-corrected chi connectivity index (χ0v) is 10.2. The Bertz CT molecular complexity index is 474. The summed E-state index contributed by atoms with van der Waals surface area (Å²) in [5.74, 6) is -0.128. The summed E-state index contributed by atoms with van der Waals surface area (Å²) in [5.41, 5.74) is 1.24. The van der Waals surface area contributed by atoms with Gasteiger partial charge < -0.3 is 10.0 Å². The van der Waals surface area contributed by atoms with Gasteiger partial charge >= 0.3 is 5.97 Å². The smallest absolute Gasteiger partial charge is 0.335 e. The van der Waals surface area contributed by atoms with E-state index in [1.54, 1.807) is 12.1 Å². The molecule has 1 saturated heterocycles. The number of carbonyl (C=O) groups is 1. The molecule has 90 valence electrons. The summed E-state index contributed by atoms with van der Waals surface area (Å²) in [6.45, 7) is 1.07. The molecule has 3 rings (SSSR count). The molecule has 2 bridgehead atoms. The zero-order chi connectivity index (χ0) is 12.0. The van der Waals surface area contributed by atoms with Gasteiger partial charge in [0.25, 0.3) is 0 Å². The van der Waals surface area contributed by atoms with Crippen LogP contribution in [-0.2, 0) is 0 Å². The summed E-state index contributed by atoms with van der Waals surface area (Å²) in [7, 11) is 0.